The van der Waals surface area contributed by atoms with Crippen LogP contribution >= 0.6 is 0 Å². The Morgan fingerprint density at radius 3 is 2.50 bits per heavy atom. The molecule has 2 N–H and O–H groups in total. The number of piperidine rings is 1. The van der Waals surface area contributed by atoms with E-state index in [2.05, 4.69) is 39.7 Å². The highest BCUT2D eigenvalue weighted by atomic mass is 15.1. The zero-order chi connectivity index (χ0) is 13.8. The van der Waals surface area contributed by atoms with Gasteiger partial charge in [0.2, 0.25) is 5.95 Å². The lowest BCUT2D eigenvalue weighted by Gasteiger charge is -2.23. The second kappa shape index (κ2) is 6.01. The molecular weight excluding hydrogens is 248 g/mol. The minimum absolute atomic E-state index is 0.487. The van der Waals surface area contributed by atoms with E-state index in [9.17, 15) is 0 Å². The number of anilines is 1. The van der Waals surface area contributed by atoms with Crippen molar-refractivity contribution in [2.24, 2.45) is 0 Å². The Kier molecular flexibility index (Phi) is 3.92. The van der Waals surface area contributed by atoms with E-state index in [4.69, 9.17) is 0 Å². The highest BCUT2D eigenvalue weighted by Crippen LogP contribution is 2.22. The van der Waals surface area contributed by atoms with Gasteiger partial charge in [-0.05, 0) is 44.0 Å². The molecule has 1 aromatic heterocycles. The minimum Gasteiger partial charge on any atom is -0.351 e. The van der Waals surface area contributed by atoms with Crippen LogP contribution in [-0.2, 0) is 0 Å². The zero-order valence-electron chi connectivity index (χ0n) is 11.8. The summed E-state index contributed by atoms with van der Waals surface area (Å²) in [6.45, 7) is 4.24. The molecule has 0 atom stereocenters. The molecule has 0 bridgehead atoms. The summed E-state index contributed by atoms with van der Waals surface area (Å²) >= 11 is 0. The third kappa shape index (κ3) is 2.96. The molecule has 0 amide bonds. The molecule has 1 saturated heterocycles. The van der Waals surface area contributed by atoms with Crippen LogP contribution in [0.2, 0.25) is 0 Å². The smallest absolute Gasteiger partial charge is 0.222 e. The van der Waals surface area contributed by atoms with Crippen molar-refractivity contribution < 1.29 is 0 Å². The summed E-state index contributed by atoms with van der Waals surface area (Å²) in [5.41, 5.74) is 3.51. The normalized spacial score (nSPS) is 16.1. The van der Waals surface area contributed by atoms with E-state index in [1.807, 2.05) is 24.5 Å². The first-order valence-electron chi connectivity index (χ1n) is 7.18. The lowest BCUT2D eigenvalue weighted by Crippen LogP contribution is -2.35. The molecule has 0 aliphatic carbocycles. The van der Waals surface area contributed by atoms with Crippen LogP contribution in [0.25, 0.3) is 11.1 Å². The maximum Gasteiger partial charge on any atom is 0.222 e. The molecule has 4 nitrogen and oxygen atoms in total. The quantitative estimate of drug-likeness (QED) is 0.898. The second-order valence-corrected chi connectivity index (χ2v) is 5.28. The van der Waals surface area contributed by atoms with Gasteiger partial charge in [-0.15, -0.1) is 0 Å². The number of hydrogen-bond acceptors (Lipinski definition) is 4. The van der Waals surface area contributed by atoms with Crippen molar-refractivity contribution in [2.45, 2.75) is 25.8 Å². The fraction of sp³-hybridized carbons (Fsp3) is 0.375. The van der Waals surface area contributed by atoms with E-state index in [0.717, 1.165) is 37.4 Å². The number of rotatable bonds is 3. The first kappa shape index (κ1) is 13.1. The molecular formula is C16H20N4. The molecule has 104 valence electrons. The predicted molar refractivity (Wildman–Crippen MR) is 81.7 cm³/mol. The van der Waals surface area contributed by atoms with Gasteiger partial charge in [-0.3, -0.25) is 0 Å². The van der Waals surface area contributed by atoms with Crippen LogP contribution in [-0.4, -0.2) is 29.1 Å². The van der Waals surface area contributed by atoms with E-state index in [-0.39, 0.29) is 0 Å². The molecule has 1 aliphatic rings. The maximum absolute atomic E-state index is 4.45. The molecule has 2 aromatic rings. The number of aryl methyl sites for hydroxylation is 1. The van der Waals surface area contributed by atoms with Gasteiger partial charge in [0, 0.05) is 24.0 Å². The number of nitrogens with zero attached hydrogens (tertiary/aromatic N) is 2. The summed E-state index contributed by atoms with van der Waals surface area (Å²) in [6.07, 6.45) is 6.06. The van der Waals surface area contributed by atoms with Crippen LogP contribution in [0.1, 0.15) is 18.4 Å². The second-order valence-electron chi connectivity index (χ2n) is 5.28. The van der Waals surface area contributed by atoms with Gasteiger partial charge in [0.15, 0.2) is 0 Å². The van der Waals surface area contributed by atoms with Crippen molar-refractivity contribution in [2.75, 3.05) is 18.4 Å². The van der Waals surface area contributed by atoms with Crippen molar-refractivity contribution >= 4 is 5.95 Å². The van der Waals surface area contributed by atoms with E-state index in [1.165, 1.54) is 11.1 Å². The number of aromatic nitrogens is 2. The summed E-state index contributed by atoms with van der Waals surface area (Å²) in [6, 6.07) is 8.79. The van der Waals surface area contributed by atoms with Crippen LogP contribution in [0.3, 0.4) is 0 Å². The van der Waals surface area contributed by atoms with Gasteiger partial charge in [-0.1, -0.05) is 24.3 Å². The SMILES string of the molecule is Cc1ccccc1-c1cnc(NC2CCNCC2)nc1. The Morgan fingerprint density at radius 1 is 1.10 bits per heavy atom. The number of nitrogens with one attached hydrogen (secondary N) is 2. The molecule has 0 radical (unpaired) electrons. The van der Waals surface area contributed by atoms with Gasteiger partial charge in [0.1, 0.15) is 0 Å². The summed E-state index contributed by atoms with van der Waals surface area (Å²) in [5, 5.41) is 6.77. The summed E-state index contributed by atoms with van der Waals surface area (Å²) in [5.74, 6) is 0.731. The maximum atomic E-state index is 4.45. The molecule has 0 unspecified atom stereocenters. The van der Waals surface area contributed by atoms with Crippen molar-refractivity contribution in [3.05, 3.63) is 42.2 Å². The molecule has 1 aromatic carbocycles. The first-order chi connectivity index (χ1) is 9.83. The Morgan fingerprint density at radius 2 is 1.80 bits per heavy atom. The minimum atomic E-state index is 0.487. The Hall–Kier alpha value is -1.94. The monoisotopic (exact) mass is 268 g/mol. The molecule has 0 spiro atoms. The highest BCUT2D eigenvalue weighted by Gasteiger charge is 2.13. The molecule has 1 aliphatic heterocycles. The predicted octanol–water partition coefficient (Wildman–Crippen LogP) is 2.62. The average molecular weight is 268 g/mol. The highest BCUT2D eigenvalue weighted by molar-refractivity contribution is 5.65. The standard InChI is InChI=1S/C16H20N4/c1-12-4-2-3-5-15(12)13-10-18-16(19-11-13)20-14-6-8-17-9-7-14/h2-5,10-11,14,17H,6-9H2,1H3,(H,18,19,20). The van der Waals surface area contributed by atoms with Gasteiger partial charge in [-0.25, -0.2) is 9.97 Å². The number of hydrogen-bond donors (Lipinski definition) is 2. The van der Waals surface area contributed by atoms with Crippen molar-refractivity contribution in [3.63, 3.8) is 0 Å². The van der Waals surface area contributed by atoms with Gasteiger partial charge < -0.3 is 10.6 Å². The van der Waals surface area contributed by atoms with Gasteiger partial charge in [0.05, 0.1) is 0 Å². The van der Waals surface area contributed by atoms with Crippen LogP contribution in [0, 0.1) is 6.92 Å². The van der Waals surface area contributed by atoms with Crippen LogP contribution in [0.5, 0.6) is 0 Å². The summed E-state index contributed by atoms with van der Waals surface area (Å²) in [7, 11) is 0. The van der Waals surface area contributed by atoms with Gasteiger partial charge in [0.25, 0.3) is 0 Å². The van der Waals surface area contributed by atoms with Crippen molar-refractivity contribution in [1.29, 1.82) is 0 Å². The average Bonchev–Trinajstić information content (AvgIpc) is 2.50. The van der Waals surface area contributed by atoms with Crippen molar-refractivity contribution in [1.82, 2.24) is 15.3 Å². The lowest BCUT2D eigenvalue weighted by molar-refractivity contribution is 0.477. The van der Waals surface area contributed by atoms with Crippen LogP contribution < -0.4 is 10.6 Å². The van der Waals surface area contributed by atoms with Crippen LogP contribution in [0.15, 0.2) is 36.7 Å². The topological polar surface area (TPSA) is 49.8 Å². The van der Waals surface area contributed by atoms with Crippen molar-refractivity contribution in [3.8, 4) is 11.1 Å². The number of benzene rings is 1. The molecule has 2 heterocycles. The largest absolute Gasteiger partial charge is 0.351 e. The molecule has 20 heavy (non-hydrogen) atoms. The van der Waals surface area contributed by atoms with Crippen LogP contribution in [0.4, 0.5) is 5.95 Å². The van der Waals surface area contributed by atoms with Gasteiger partial charge in [-0.2, -0.15) is 0 Å². The summed E-state index contributed by atoms with van der Waals surface area (Å²) < 4.78 is 0. The zero-order valence-corrected chi connectivity index (χ0v) is 11.8. The fourth-order valence-electron chi connectivity index (χ4n) is 2.59. The van der Waals surface area contributed by atoms with E-state index < -0.39 is 0 Å². The molecule has 1 fully saturated rings. The Balaban J connectivity index is 1.73. The Bertz CT molecular complexity index is 559. The molecule has 0 saturated carbocycles. The third-order valence-corrected chi connectivity index (χ3v) is 3.78. The van der Waals surface area contributed by atoms with E-state index >= 15 is 0 Å². The molecule has 4 heteroatoms. The van der Waals surface area contributed by atoms with Gasteiger partial charge >= 0.3 is 0 Å². The van der Waals surface area contributed by atoms with E-state index in [0.29, 0.717) is 6.04 Å². The lowest BCUT2D eigenvalue weighted by atomic mass is 10.0. The fourth-order valence-corrected chi connectivity index (χ4v) is 2.59. The Labute approximate surface area is 119 Å². The first-order valence-corrected chi connectivity index (χ1v) is 7.18. The third-order valence-electron chi connectivity index (χ3n) is 3.78. The van der Waals surface area contributed by atoms with E-state index in [1.54, 1.807) is 0 Å². The summed E-state index contributed by atoms with van der Waals surface area (Å²) in [4.78, 5) is 8.90. The molecule has 3 rings (SSSR count).